The van der Waals surface area contributed by atoms with Crippen molar-refractivity contribution in [2.75, 3.05) is 12.4 Å². The number of carbonyl (C=O) groups is 1. The van der Waals surface area contributed by atoms with Crippen LogP contribution in [0, 0.1) is 6.92 Å². The normalized spacial score (nSPS) is 10.0. The van der Waals surface area contributed by atoms with Gasteiger partial charge in [-0.15, -0.1) is 0 Å². The van der Waals surface area contributed by atoms with Gasteiger partial charge in [0, 0.05) is 12.2 Å². The third kappa shape index (κ3) is 4.49. The molecule has 0 saturated heterocycles. The zero-order chi connectivity index (χ0) is 15.2. The third-order valence-corrected chi connectivity index (χ3v) is 3.60. The Morgan fingerprint density at radius 2 is 1.90 bits per heavy atom. The molecule has 0 aliphatic heterocycles. The fourth-order valence-corrected chi connectivity index (χ4v) is 2.35. The molecule has 21 heavy (non-hydrogen) atoms. The van der Waals surface area contributed by atoms with Crippen LogP contribution in [-0.2, 0) is 6.54 Å². The summed E-state index contributed by atoms with van der Waals surface area (Å²) < 4.78 is 5.94. The van der Waals surface area contributed by atoms with Crippen molar-refractivity contribution in [2.45, 2.75) is 13.5 Å². The number of hydrogen-bond donors (Lipinski definition) is 2. The van der Waals surface area contributed by atoms with Crippen LogP contribution in [-0.4, -0.2) is 13.1 Å². The summed E-state index contributed by atoms with van der Waals surface area (Å²) >= 11 is 3.38. The van der Waals surface area contributed by atoms with Gasteiger partial charge in [-0.25, -0.2) is 4.79 Å². The fourth-order valence-electron chi connectivity index (χ4n) is 1.81. The monoisotopic (exact) mass is 348 g/mol. The quantitative estimate of drug-likeness (QED) is 0.874. The van der Waals surface area contributed by atoms with Gasteiger partial charge in [-0.1, -0.05) is 29.8 Å². The Balaban J connectivity index is 1.89. The van der Waals surface area contributed by atoms with Crippen molar-refractivity contribution < 1.29 is 9.53 Å². The first-order valence-corrected chi connectivity index (χ1v) is 7.31. The minimum absolute atomic E-state index is 0.243. The van der Waals surface area contributed by atoms with E-state index in [9.17, 15) is 4.79 Å². The van der Waals surface area contributed by atoms with E-state index in [0.717, 1.165) is 15.8 Å². The number of aryl methyl sites for hydroxylation is 1. The van der Waals surface area contributed by atoms with Gasteiger partial charge in [0.1, 0.15) is 5.75 Å². The van der Waals surface area contributed by atoms with Gasteiger partial charge in [0.05, 0.1) is 11.6 Å². The first-order chi connectivity index (χ1) is 10.1. The SMILES string of the molecule is COc1ccc(NC(=O)NCc2ccc(C)cc2)cc1Br. The molecule has 0 bridgehead atoms. The molecule has 0 radical (unpaired) electrons. The Kier molecular flexibility index (Phi) is 5.22. The lowest BCUT2D eigenvalue weighted by Crippen LogP contribution is -2.28. The van der Waals surface area contributed by atoms with Crippen LogP contribution in [0.1, 0.15) is 11.1 Å². The van der Waals surface area contributed by atoms with Crippen molar-refractivity contribution >= 4 is 27.6 Å². The molecular weight excluding hydrogens is 332 g/mol. The third-order valence-electron chi connectivity index (χ3n) is 2.98. The molecule has 110 valence electrons. The van der Waals surface area contributed by atoms with Gasteiger partial charge in [0.15, 0.2) is 0 Å². The van der Waals surface area contributed by atoms with Crippen molar-refractivity contribution in [3.8, 4) is 5.75 Å². The topological polar surface area (TPSA) is 50.4 Å². The van der Waals surface area contributed by atoms with Gasteiger partial charge in [0.2, 0.25) is 0 Å². The Bertz CT molecular complexity index is 627. The van der Waals surface area contributed by atoms with Crippen LogP contribution in [0.15, 0.2) is 46.9 Å². The molecule has 4 nitrogen and oxygen atoms in total. The molecule has 2 amide bonds. The lowest BCUT2D eigenvalue weighted by atomic mass is 10.1. The summed E-state index contributed by atoms with van der Waals surface area (Å²) in [5, 5.41) is 5.60. The van der Waals surface area contributed by atoms with Gasteiger partial charge in [-0.3, -0.25) is 0 Å². The van der Waals surface area contributed by atoms with E-state index in [2.05, 4.69) is 26.6 Å². The zero-order valence-corrected chi connectivity index (χ0v) is 13.5. The van der Waals surface area contributed by atoms with Crippen LogP contribution in [0.4, 0.5) is 10.5 Å². The molecule has 2 rings (SSSR count). The molecule has 0 spiro atoms. The molecule has 5 heteroatoms. The van der Waals surface area contributed by atoms with Crippen molar-refractivity contribution in [3.05, 3.63) is 58.1 Å². The number of halogens is 1. The molecule has 2 aromatic carbocycles. The molecule has 2 aromatic rings. The van der Waals surface area contributed by atoms with E-state index in [4.69, 9.17) is 4.74 Å². The molecule has 0 aliphatic rings. The highest BCUT2D eigenvalue weighted by atomic mass is 79.9. The molecule has 0 atom stereocenters. The van der Waals surface area contributed by atoms with Crippen molar-refractivity contribution in [2.24, 2.45) is 0 Å². The second kappa shape index (κ2) is 7.13. The number of methoxy groups -OCH3 is 1. The summed E-state index contributed by atoms with van der Waals surface area (Å²) in [6.07, 6.45) is 0. The number of amides is 2. The van der Waals surface area contributed by atoms with Gasteiger partial charge >= 0.3 is 6.03 Å². The van der Waals surface area contributed by atoms with Gasteiger partial charge in [0.25, 0.3) is 0 Å². The van der Waals surface area contributed by atoms with E-state index in [1.165, 1.54) is 5.56 Å². The fraction of sp³-hybridized carbons (Fsp3) is 0.188. The molecule has 2 N–H and O–H groups in total. The number of anilines is 1. The number of benzene rings is 2. The van der Waals surface area contributed by atoms with E-state index >= 15 is 0 Å². The Morgan fingerprint density at radius 3 is 2.52 bits per heavy atom. The minimum Gasteiger partial charge on any atom is -0.496 e. The summed E-state index contributed by atoms with van der Waals surface area (Å²) in [6, 6.07) is 13.2. The summed E-state index contributed by atoms with van der Waals surface area (Å²) in [5.74, 6) is 0.723. The van der Waals surface area contributed by atoms with Gasteiger partial charge in [-0.2, -0.15) is 0 Å². The van der Waals surface area contributed by atoms with Crippen molar-refractivity contribution in [1.29, 1.82) is 0 Å². The molecular formula is C16H17BrN2O2. The highest BCUT2D eigenvalue weighted by molar-refractivity contribution is 9.10. The van der Waals surface area contributed by atoms with Crippen molar-refractivity contribution in [1.82, 2.24) is 5.32 Å². The lowest BCUT2D eigenvalue weighted by molar-refractivity contribution is 0.251. The standard InChI is InChI=1S/C16H17BrN2O2/c1-11-3-5-12(6-4-11)10-18-16(20)19-13-7-8-15(21-2)14(17)9-13/h3-9H,10H2,1-2H3,(H2,18,19,20). The van der Waals surface area contributed by atoms with Gasteiger partial charge in [-0.05, 0) is 46.6 Å². The van der Waals surface area contributed by atoms with Crippen LogP contribution in [0.2, 0.25) is 0 Å². The number of rotatable bonds is 4. The van der Waals surface area contributed by atoms with Crippen molar-refractivity contribution in [3.63, 3.8) is 0 Å². The maximum Gasteiger partial charge on any atom is 0.319 e. The average molecular weight is 349 g/mol. The first-order valence-electron chi connectivity index (χ1n) is 6.52. The lowest BCUT2D eigenvalue weighted by Gasteiger charge is -2.09. The summed E-state index contributed by atoms with van der Waals surface area (Å²) in [7, 11) is 1.60. The molecule has 0 heterocycles. The number of urea groups is 1. The van der Waals surface area contributed by atoms with E-state index in [0.29, 0.717) is 12.2 Å². The zero-order valence-electron chi connectivity index (χ0n) is 11.9. The molecule has 0 fully saturated rings. The summed E-state index contributed by atoms with van der Waals surface area (Å²) in [6.45, 7) is 2.52. The Morgan fingerprint density at radius 1 is 1.19 bits per heavy atom. The van der Waals surface area contributed by atoms with Crippen LogP contribution < -0.4 is 15.4 Å². The maximum absolute atomic E-state index is 11.8. The van der Waals surface area contributed by atoms with Crippen LogP contribution in [0.25, 0.3) is 0 Å². The Labute approximate surface area is 132 Å². The highest BCUT2D eigenvalue weighted by Gasteiger charge is 2.05. The Hall–Kier alpha value is -2.01. The first kappa shape index (κ1) is 15.4. The van der Waals surface area contributed by atoms with E-state index in [-0.39, 0.29) is 6.03 Å². The maximum atomic E-state index is 11.8. The van der Waals surface area contributed by atoms with Crippen LogP contribution in [0.5, 0.6) is 5.75 Å². The van der Waals surface area contributed by atoms with Crippen LogP contribution >= 0.6 is 15.9 Å². The molecule has 0 aliphatic carbocycles. The number of carbonyl (C=O) groups excluding carboxylic acids is 1. The second-order valence-electron chi connectivity index (χ2n) is 4.64. The second-order valence-corrected chi connectivity index (χ2v) is 5.50. The molecule has 0 unspecified atom stereocenters. The minimum atomic E-state index is -0.243. The smallest absolute Gasteiger partial charge is 0.319 e. The van der Waals surface area contributed by atoms with E-state index < -0.39 is 0 Å². The summed E-state index contributed by atoms with van der Waals surface area (Å²) in [4.78, 5) is 11.8. The number of nitrogens with one attached hydrogen (secondary N) is 2. The molecule has 0 aromatic heterocycles. The average Bonchev–Trinajstić information content (AvgIpc) is 2.47. The van der Waals surface area contributed by atoms with E-state index in [1.807, 2.05) is 31.2 Å². The molecule has 0 saturated carbocycles. The largest absolute Gasteiger partial charge is 0.496 e. The number of ether oxygens (including phenoxy) is 1. The van der Waals surface area contributed by atoms with Crippen LogP contribution in [0.3, 0.4) is 0 Å². The predicted molar refractivity (Wildman–Crippen MR) is 87.7 cm³/mol. The highest BCUT2D eigenvalue weighted by Crippen LogP contribution is 2.27. The number of hydrogen-bond acceptors (Lipinski definition) is 2. The predicted octanol–water partition coefficient (Wildman–Crippen LogP) is 4.09. The van der Waals surface area contributed by atoms with E-state index in [1.54, 1.807) is 25.3 Å². The summed E-state index contributed by atoms with van der Waals surface area (Å²) in [5.41, 5.74) is 2.96. The van der Waals surface area contributed by atoms with Gasteiger partial charge < -0.3 is 15.4 Å².